The van der Waals surface area contributed by atoms with Crippen LogP contribution in [0, 0.1) is 6.92 Å². The lowest BCUT2D eigenvalue weighted by atomic mass is 9.97. The number of Topliss-reactive ketones (excluding diaryl/α,β-unsaturated/α-hetero) is 1. The van der Waals surface area contributed by atoms with Gasteiger partial charge in [0.05, 0.1) is 30.0 Å². The molecule has 0 saturated carbocycles. The van der Waals surface area contributed by atoms with E-state index in [4.69, 9.17) is 9.47 Å². The molecule has 2 heterocycles. The fourth-order valence-electron chi connectivity index (χ4n) is 3.66. The predicted molar refractivity (Wildman–Crippen MR) is 117 cm³/mol. The van der Waals surface area contributed by atoms with E-state index < -0.39 is 17.7 Å². The zero-order valence-corrected chi connectivity index (χ0v) is 18.3. The Labute approximate surface area is 182 Å². The van der Waals surface area contributed by atoms with Crippen molar-refractivity contribution in [3.05, 3.63) is 65.0 Å². The number of nitrogens with zero attached hydrogens (tertiary/aromatic N) is 2. The lowest BCUT2D eigenvalue weighted by Gasteiger charge is -2.24. The monoisotopic (exact) mass is 424 g/mol. The number of hydrogen-bond donors (Lipinski definition) is 1. The van der Waals surface area contributed by atoms with Crippen molar-refractivity contribution in [2.24, 2.45) is 0 Å². The number of benzene rings is 1. The summed E-state index contributed by atoms with van der Waals surface area (Å²) in [5.74, 6) is -1.25. The minimum absolute atomic E-state index is 0.0115. The Bertz CT molecular complexity index is 985. The van der Waals surface area contributed by atoms with Crippen molar-refractivity contribution >= 4 is 17.4 Å². The second kappa shape index (κ2) is 9.75. The number of ketones is 1. The van der Waals surface area contributed by atoms with Gasteiger partial charge in [-0.2, -0.15) is 0 Å². The van der Waals surface area contributed by atoms with Gasteiger partial charge in [0.15, 0.2) is 0 Å². The van der Waals surface area contributed by atoms with Crippen LogP contribution in [0.5, 0.6) is 5.75 Å². The van der Waals surface area contributed by atoms with Crippen molar-refractivity contribution < 1.29 is 24.2 Å². The predicted octanol–water partition coefficient (Wildman–Crippen LogP) is 3.64. The average Bonchev–Trinajstić information content (AvgIpc) is 3.01. The number of aliphatic hydroxyl groups is 1. The summed E-state index contributed by atoms with van der Waals surface area (Å²) in [6, 6.07) is 9.81. The fraction of sp³-hybridized carbons (Fsp3) is 0.375. The van der Waals surface area contributed by atoms with Gasteiger partial charge in [-0.05, 0) is 51.5 Å². The SMILES string of the molecule is COc1ccc(C)cc1/C(O)=C1\C(=O)C(=O)N(CCCOC(C)C)C1c1ccccn1. The number of aryl methyl sites for hydroxylation is 1. The smallest absolute Gasteiger partial charge is 0.295 e. The molecule has 2 aromatic rings. The third kappa shape index (κ3) is 4.77. The maximum atomic E-state index is 13.0. The van der Waals surface area contributed by atoms with E-state index in [0.717, 1.165) is 5.56 Å². The Kier molecular flexibility index (Phi) is 7.07. The number of amides is 1. The Morgan fingerprint density at radius 1 is 1.23 bits per heavy atom. The van der Waals surface area contributed by atoms with Crippen LogP contribution in [0.15, 0.2) is 48.2 Å². The average molecular weight is 424 g/mol. The van der Waals surface area contributed by atoms with Gasteiger partial charge in [0.2, 0.25) is 0 Å². The number of hydrogen-bond acceptors (Lipinski definition) is 6. The zero-order chi connectivity index (χ0) is 22.5. The highest BCUT2D eigenvalue weighted by Gasteiger charge is 2.46. The van der Waals surface area contributed by atoms with Gasteiger partial charge in [-0.1, -0.05) is 17.7 Å². The van der Waals surface area contributed by atoms with E-state index in [9.17, 15) is 14.7 Å². The number of aromatic nitrogens is 1. The highest BCUT2D eigenvalue weighted by Crippen LogP contribution is 2.40. The maximum Gasteiger partial charge on any atom is 0.295 e. The molecule has 1 fully saturated rings. The molecular formula is C24H28N2O5. The Morgan fingerprint density at radius 2 is 2.00 bits per heavy atom. The minimum Gasteiger partial charge on any atom is -0.507 e. The number of pyridine rings is 1. The van der Waals surface area contributed by atoms with Crippen LogP contribution >= 0.6 is 0 Å². The largest absolute Gasteiger partial charge is 0.507 e. The lowest BCUT2D eigenvalue weighted by molar-refractivity contribution is -0.140. The van der Waals surface area contributed by atoms with Crippen molar-refractivity contribution in [2.75, 3.05) is 20.3 Å². The molecule has 1 aliphatic heterocycles. The van der Waals surface area contributed by atoms with Crippen molar-refractivity contribution in [3.63, 3.8) is 0 Å². The van der Waals surface area contributed by atoms with E-state index in [0.29, 0.717) is 36.6 Å². The fourth-order valence-corrected chi connectivity index (χ4v) is 3.66. The number of aliphatic hydroxyl groups excluding tert-OH is 1. The van der Waals surface area contributed by atoms with Crippen LogP contribution in [-0.4, -0.2) is 53.0 Å². The van der Waals surface area contributed by atoms with Crippen molar-refractivity contribution in [3.8, 4) is 5.75 Å². The van der Waals surface area contributed by atoms with E-state index in [-0.39, 0.29) is 17.4 Å². The molecule has 164 valence electrons. The molecule has 1 aromatic heterocycles. The second-order valence-electron chi connectivity index (χ2n) is 7.72. The van der Waals surface area contributed by atoms with Crippen LogP contribution < -0.4 is 4.74 Å². The normalized spacial score (nSPS) is 18.1. The van der Waals surface area contributed by atoms with Gasteiger partial charge in [0, 0.05) is 19.3 Å². The highest BCUT2D eigenvalue weighted by atomic mass is 16.5. The minimum atomic E-state index is -0.787. The number of methoxy groups -OCH3 is 1. The second-order valence-corrected chi connectivity index (χ2v) is 7.72. The summed E-state index contributed by atoms with van der Waals surface area (Å²) in [7, 11) is 1.49. The van der Waals surface area contributed by atoms with Crippen LogP contribution in [0.3, 0.4) is 0 Å². The highest BCUT2D eigenvalue weighted by molar-refractivity contribution is 6.46. The third-order valence-electron chi connectivity index (χ3n) is 5.11. The maximum absolute atomic E-state index is 13.0. The molecule has 0 radical (unpaired) electrons. The first-order valence-corrected chi connectivity index (χ1v) is 10.3. The summed E-state index contributed by atoms with van der Waals surface area (Å²) in [5, 5.41) is 11.2. The molecule has 31 heavy (non-hydrogen) atoms. The Hall–Kier alpha value is -3.19. The molecule has 7 nitrogen and oxygen atoms in total. The Morgan fingerprint density at radius 3 is 2.65 bits per heavy atom. The van der Waals surface area contributed by atoms with Gasteiger partial charge in [0.1, 0.15) is 17.6 Å². The van der Waals surface area contributed by atoms with E-state index >= 15 is 0 Å². The lowest BCUT2D eigenvalue weighted by Crippen LogP contribution is -2.31. The standard InChI is InChI=1S/C24H28N2O5/c1-15(2)31-13-7-12-26-21(18-8-5-6-11-25-18)20(23(28)24(26)29)22(27)17-14-16(3)9-10-19(17)30-4/h5-6,8-11,14-15,21,27H,7,12-13H2,1-4H3/b22-20+. The van der Waals surface area contributed by atoms with Gasteiger partial charge in [-0.3, -0.25) is 14.6 Å². The molecule has 1 aliphatic rings. The molecule has 0 spiro atoms. The topological polar surface area (TPSA) is 89.0 Å². The number of likely N-dealkylation sites (tertiary alicyclic amines) is 1. The van der Waals surface area contributed by atoms with Crippen molar-refractivity contribution in [1.82, 2.24) is 9.88 Å². The van der Waals surface area contributed by atoms with E-state index in [2.05, 4.69) is 4.98 Å². The Balaban J connectivity index is 2.07. The zero-order valence-electron chi connectivity index (χ0n) is 18.3. The summed E-state index contributed by atoms with van der Waals surface area (Å²) >= 11 is 0. The first-order valence-electron chi connectivity index (χ1n) is 10.3. The summed E-state index contributed by atoms with van der Waals surface area (Å²) in [5.41, 5.74) is 1.78. The molecule has 1 aromatic carbocycles. The molecule has 1 saturated heterocycles. The first kappa shape index (κ1) is 22.5. The van der Waals surface area contributed by atoms with Gasteiger partial charge < -0.3 is 19.5 Å². The first-order chi connectivity index (χ1) is 14.8. The van der Waals surface area contributed by atoms with Crippen LogP contribution in [0.25, 0.3) is 5.76 Å². The van der Waals surface area contributed by atoms with Crippen LogP contribution in [0.1, 0.15) is 43.1 Å². The molecule has 0 bridgehead atoms. The number of rotatable bonds is 8. The van der Waals surface area contributed by atoms with Crippen LogP contribution in [0.4, 0.5) is 0 Å². The third-order valence-corrected chi connectivity index (χ3v) is 5.11. The molecule has 3 rings (SSSR count). The molecule has 1 amide bonds. The van der Waals surface area contributed by atoms with Gasteiger partial charge in [-0.15, -0.1) is 0 Å². The molecule has 1 unspecified atom stereocenters. The summed E-state index contributed by atoms with van der Waals surface area (Å²) in [6.45, 7) is 6.52. The van der Waals surface area contributed by atoms with E-state index in [1.54, 1.807) is 36.5 Å². The van der Waals surface area contributed by atoms with Crippen molar-refractivity contribution in [2.45, 2.75) is 39.3 Å². The molecule has 0 aliphatic carbocycles. The number of ether oxygens (including phenoxy) is 2. The van der Waals surface area contributed by atoms with E-state index in [1.807, 2.05) is 26.8 Å². The number of carbonyl (C=O) groups excluding carboxylic acids is 2. The van der Waals surface area contributed by atoms with Gasteiger partial charge in [0.25, 0.3) is 11.7 Å². The summed E-state index contributed by atoms with van der Waals surface area (Å²) in [4.78, 5) is 31.8. The van der Waals surface area contributed by atoms with Crippen LogP contribution in [0.2, 0.25) is 0 Å². The number of carbonyl (C=O) groups is 2. The van der Waals surface area contributed by atoms with Crippen LogP contribution in [-0.2, 0) is 14.3 Å². The molecule has 7 heteroatoms. The van der Waals surface area contributed by atoms with E-state index in [1.165, 1.54) is 12.0 Å². The quantitative estimate of drug-likeness (QED) is 0.301. The molecule has 1 atom stereocenters. The van der Waals surface area contributed by atoms with Gasteiger partial charge in [-0.25, -0.2) is 0 Å². The van der Waals surface area contributed by atoms with Gasteiger partial charge >= 0.3 is 0 Å². The summed E-state index contributed by atoms with van der Waals surface area (Å²) in [6.07, 6.45) is 2.24. The summed E-state index contributed by atoms with van der Waals surface area (Å²) < 4.78 is 11.0. The molecular weight excluding hydrogens is 396 g/mol. The molecule has 1 N–H and O–H groups in total. The van der Waals surface area contributed by atoms with Crippen molar-refractivity contribution in [1.29, 1.82) is 0 Å².